The summed E-state index contributed by atoms with van der Waals surface area (Å²) in [5.41, 5.74) is 3.62. The van der Waals surface area contributed by atoms with Gasteiger partial charge in [0.05, 0.1) is 11.0 Å². The first kappa shape index (κ1) is 49.1. The minimum Gasteiger partial charge on any atom is -0.456 e. The van der Waals surface area contributed by atoms with Crippen LogP contribution in [0.5, 0.6) is 0 Å². The van der Waals surface area contributed by atoms with Crippen LogP contribution in [0.2, 0.25) is 32.2 Å². The Morgan fingerprint density at radius 1 is 0.887 bits per heavy atom. The van der Waals surface area contributed by atoms with Crippen LogP contribution in [0.25, 0.3) is 33.4 Å². The fraction of sp³-hybridized carbons (Fsp3) is 0.442. The van der Waals surface area contributed by atoms with E-state index in [9.17, 15) is 26.2 Å². The van der Waals surface area contributed by atoms with E-state index in [0.717, 1.165) is 65.4 Å². The van der Waals surface area contributed by atoms with Gasteiger partial charge in [0, 0.05) is 90.3 Å². The van der Waals surface area contributed by atoms with E-state index >= 15 is 0 Å². The summed E-state index contributed by atoms with van der Waals surface area (Å²) >= 11 is 1.60. The van der Waals surface area contributed by atoms with E-state index in [0.29, 0.717) is 34.3 Å². The second kappa shape index (κ2) is 20.7. The summed E-state index contributed by atoms with van der Waals surface area (Å²) in [5, 5.41) is 5.83. The Balaban J connectivity index is 1.29. The number of carbonyl (C=O) groups excluding carboxylic acids is 1. The highest BCUT2D eigenvalue weighted by Gasteiger charge is 2.33. The smallest absolute Gasteiger partial charge is 0.295 e. The van der Waals surface area contributed by atoms with E-state index in [-0.39, 0.29) is 35.9 Å². The number of benzene rings is 3. The topological polar surface area (TPSA) is 184 Å². The van der Waals surface area contributed by atoms with Crippen molar-refractivity contribution in [3.63, 3.8) is 0 Å². The number of sulfonamides is 1. The van der Waals surface area contributed by atoms with Crippen molar-refractivity contribution < 1.29 is 34.7 Å². The predicted octanol–water partition coefficient (Wildman–Crippen LogP) is 7.14. The highest BCUT2D eigenvalue weighted by molar-refractivity contribution is 8.00. The van der Waals surface area contributed by atoms with E-state index in [4.69, 9.17) is 8.53 Å². The van der Waals surface area contributed by atoms with Crippen LogP contribution in [0.4, 0.5) is 5.69 Å². The molecule has 3 N–H and O–H groups in total. The quantitative estimate of drug-likeness (QED) is 0.0129. The van der Waals surface area contributed by atoms with Crippen LogP contribution in [0.15, 0.2) is 86.4 Å². The Kier molecular flexibility index (Phi) is 16.4. The van der Waals surface area contributed by atoms with Crippen LogP contribution in [-0.4, -0.2) is 98.5 Å². The molecule has 5 rings (SSSR count). The van der Waals surface area contributed by atoms with Gasteiger partial charge in [-0.15, -0.1) is 0 Å². The summed E-state index contributed by atoms with van der Waals surface area (Å²) in [5.74, 6) is 0.290. The molecule has 3 aromatic rings. The molecule has 0 atom stereocenters. The number of carbonyl (C=O) groups is 1. The van der Waals surface area contributed by atoms with Crippen LogP contribution in [0, 0.1) is 6.92 Å². The lowest BCUT2D eigenvalue weighted by Crippen LogP contribution is -2.46. The summed E-state index contributed by atoms with van der Waals surface area (Å²) in [6, 6.07) is 15.9. The Labute approximate surface area is 373 Å². The molecule has 336 valence electrons. The summed E-state index contributed by atoms with van der Waals surface area (Å²) in [6.45, 7) is 21.8. The molecule has 14 nitrogen and oxygen atoms in total. The summed E-state index contributed by atoms with van der Waals surface area (Å²) in [6.07, 6.45) is 4.51. The SMILES string of the molecule is CCN(CC)c1ccc2c(-c3ccc(S(=O)(=O)NCCNC(=O)CCC[Si](C)(C)O[Si](C)(C)CSc4ncc(C)cn4)cc3S(=O)(=O)O)c3ccc(=[N+](CC)CC)cc-3oc2c1. The number of fused-ring (bicyclic) bond motifs is 2. The molecule has 2 aromatic carbocycles. The minimum absolute atomic E-state index is 0.0212. The second-order valence-corrected chi connectivity index (χ2v) is 29.7. The van der Waals surface area contributed by atoms with Crippen molar-refractivity contribution in [1.82, 2.24) is 24.6 Å². The lowest BCUT2D eigenvalue weighted by Gasteiger charge is -2.33. The zero-order chi connectivity index (χ0) is 45.5. The largest absolute Gasteiger partial charge is 0.456 e. The molecule has 0 unspecified atom stereocenters. The highest BCUT2D eigenvalue weighted by atomic mass is 32.2. The third kappa shape index (κ3) is 12.6. The fourth-order valence-corrected chi connectivity index (χ4v) is 19.8. The first-order valence-corrected chi connectivity index (χ1v) is 31.2. The molecule has 62 heavy (non-hydrogen) atoms. The molecule has 0 saturated carbocycles. The van der Waals surface area contributed by atoms with Crippen LogP contribution in [0.1, 0.15) is 46.1 Å². The van der Waals surface area contributed by atoms with E-state index in [1.54, 1.807) is 24.2 Å². The molecule has 0 bridgehead atoms. The number of nitrogens with zero attached hydrogens (tertiary/aromatic N) is 4. The van der Waals surface area contributed by atoms with Crippen LogP contribution >= 0.6 is 11.8 Å². The number of hydrogen-bond acceptors (Lipinski definition) is 11. The monoisotopic (exact) mass is 941 g/mol. The average molecular weight is 942 g/mol. The van der Waals surface area contributed by atoms with E-state index in [1.807, 2.05) is 43.3 Å². The summed E-state index contributed by atoms with van der Waals surface area (Å²) < 4.78 is 81.8. The summed E-state index contributed by atoms with van der Waals surface area (Å²) in [7, 11) is -13.3. The maximum Gasteiger partial charge on any atom is 0.295 e. The van der Waals surface area contributed by atoms with Gasteiger partial charge < -0.3 is 18.7 Å². The number of rotatable bonds is 21. The molecule has 19 heteroatoms. The Morgan fingerprint density at radius 2 is 1.56 bits per heavy atom. The van der Waals surface area contributed by atoms with Crippen LogP contribution in [0.3, 0.4) is 0 Å². The maximum atomic E-state index is 13.5. The number of aromatic nitrogens is 2. The lowest BCUT2D eigenvalue weighted by molar-refractivity contribution is -0.121. The first-order chi connectivity index (χ1) is 29.2. The van der Waals surface area contributed by atoms with Gasteiger partial charge in [0.1, 0.15) is 29.3 Å². The van der Waals surface area contributed by atoms with Crippen molar-refractivity contribution in [2.45, 2.75) is 94.6 Å². The van der Waals surface area contributed by atoms with E-state index in [2.05, 4.69) is 83.4 Å². The molecule has 0 fully saturated rings. The lowest BCUT2D eigenvalue weighted by atomic mass is 9.93. The molecular weight excluding hydrogens is 881 g/mol. The zero-order valence-corrected chi connectivity index (χ0v) is 41.7. The number of aryl methyl sites for hydroxylation is 1. The third-order valence-corrected chi connectivity index (χ3v) is 22.7. The van der Waals surface area contributed by atoms with Gasteiger partial charge >= 0.3 is 0 Å². The van der Waals surface area contributed by atoms with Gasteiger partial charge in [0.15, 0.2) is 21.8 Å². The van der Waals surface area contributed by atoms with Gasteiger partial charge in [0.25, 0.3) is 10.1 Å². The number of anilines is 1. The van der Waals surface area contributed by atoms with Gasteiger partial charge in [-0.05, 0) is 109 Å². The van der Waals surface area contributed by atoms with Crippen molar-refractivity contribution in [2.75, 3.05) is 49.5 Å². The number of thioether (sulfide) groups is 1. The molecule has 1 amide bonds. The Bertz CT molecular complexity index is 2630. The molecule has 0 radical (unpaired) electrons. The van der Waals surface area contributed by atoms with Gasteiger partial charge in [-0.25, -0.2) is 27.7 Å². The second-order valence-electron chi connectivity index (χ2n) is 16.4. The highest BCUT2D eigenvalue weighted by Crippen LogP contribution is 2.43. The molecule has 2 aliphatic rings. The third-order valence-electron chi connectivity index (χ3n) is 10.5. The Hall–Kier alpha value is -3.96. The number of hydrogen-bond donors (Lipinski definition) is 3. The fourth-order valence-electron chi connectivity index (χ4n) is 7.57. The zero-order valence-electron chi connectivity index (χ0n) is 37.2. The van der Waals surface area contributed by atoms with Crippen molar-refractivity contribution >= 4 is 71.1 Å². The molecule has 0 saturated heterocycles. The molecule has 1 aliphatic carbocycles. The van der Waals surface area contributed by atoms with Gasteiger partial charge in [-0.1, -0.05) is 17.8 Å². The molecule has 1 aromatic heterocycles. The Morgan fingerprint density at radius 3 is 2.21 bits per heavy atom. The molecule has 1 aliphatic heterocycles. The van der Waals surface area contributed by atoms with E-state index in [1.165, 1.54) is 12.1 Å². The predicted molar refractivity (Wildman–Crippen MR) is 254 cm³/mol. The van der Waals surface area contributed by atoms with Gasteiger partial charge in [-0.2, -0.15) is 8.42 Å². The normalized spacial score (nSPS) is 12.5. The van der Waals surface area contributed by atoms with Crippen LogP contribution < -0.4 is 24.9 Å². The molecular formula is C43H61N6O8S3Si2+. The summed E-state index contributed by atoms with van der Waals surface area (Å²) in [4.78, 5) is 22.7. The molecule has 0 spiro atoms. The van der Waals surface area contributed by atoms with E-state index < -0.39 is 41.7 Å². The van der Waals surface area contributed by atoms with Gasteiger partial charge in [-0.3, -0.25) is 9.35 Å². The molecule has 2 heterocycles. The first-order valence-electron chi connectivity index (χ1n) is 21.0. The maximum absolute atomic E-state index is 13.5. The van der Waals surface area contributed by atoms with Crippen molar-refractivity contribution in [1.29, 1.82) is 0 Å². The minimum atomic E-state index is -4.95. The number of amides is 1. The standard InChI is InChI=1S/C43H60N6O8S3Si2/c1-10-48(11-2)32-16-19-35-38(25-32)56-39-26-33(49(12-3)13-4)17-20-36(39)42(35)37-21-18-34(27-40(37)60(53,54)55)59(51,52)47-23-22-44-41(50)15-14-24-61(6,7)57-62(8,9)30-58-43-45-28-31(5)29-46-43/h16-21,25-29,47H,10-15,22-24,30H2,1-9H3,(H-,44,50,53,54,55)/p+1. The van der Waals surface area contributed by atoms with Crippen molar-refractivity contribution in [3.8, 4) is 22.5 Å². The number of nitrogens with one attached hydrogen (secondary N) is 2. The van der Waals surface area contributed by atoms with Crippen LogP contribution in [-0.2, 0) is 29.1 Å². The van der Waals surface area contributed by atoms with Crippen molar-refractivity contribution in [3.05, 3.63) is 77.9 Å². The van der Waals surface area contributed by atoms with Gasteiger partial charge in [0.2, 0.25) is 21.3 Å². The average Bonchev–Trinajstić information content (AvgIpc) is 3.21. The van der Waals surface area contributed by atoms with Crippen molar-refractivity contribution in [2.24, 2.45) is 0 Å².